The number of halogens is 1. The zero-order valence-electron chi connectivity index (χ0n) is 10.2. The first-order chi connectivity index (χ1) is 8.17. The van der Waals surface area contributed by atoms with E-state index in [4.69, 9.17) is 4.74 Å². The molecule has 17 heavy (non-hydrogen) atoms. The fourth-order valence-corrected chi connectivity index (χ4v) is 1.66. The Morgan fingerprint density at radius 2 is 2.18 bits per heavy atom. The van der Waals surface area contributed by atoms with E-state index in [1.165, 1.54) is 0 Å². The smallest absolute Gasteiger partial charge is 0.224 e. The fraction of sp³-hybridized carbons (Fsp3) is 0.462. The molecule has 1 atom stereocenters. The van der Waals surface area contributed by atoms with Gasteiger partial charge in [0.2, 0.25) is 5.91 Å². The molecule has 0 fully saturated rings. The van der Waals surface area contributed by atoms with E-state index >= 15 is 0 Å². The first-order valence-corrected chi connectivity index (χ1v) is 6.74. The summed E-state index contributed by atoms with van der Waals surface area (Å²) in [7, 11) is 1.61. The second-order valence-corrected chi connectivity index (χ2v) is 4.70. The molecule has 0 spiro atoms. The minimum atomic E-state index is 0.0299. The van der Waals surface area contributed by atoms with Crippen molar-refractivity contribution in [2.45, 2.75) is 13.3 Å². The molecular formula is C13H18BrNO2. The highest BCUT2D eigenvalue weighted by Crippen LogP contribution is 2.17. The van der Waals surface area contributed by atoms with Gasteiger partial charge in [-0.25, -0.2) is 0 Å². The molecule has 4 heteroatoms. The number of hydrogen-bond acceptors (Lipinski definition) is 2. The Balaban J connectivity index is 2.50. The van der Waals surface area contributed by atoms with Gasteiger partial charge in [-0.1, -0.05) is 41.1 Å². The maximum Gasteiger partial charge on any atom is 0.224 e. The Morgan fingerprint density at radius 1 is 1.47 bits per heavy atom. The summed E-state index contributed by atoms with van der Waals surface area (Å²) in [4.78, 5) is 11.7. The number of nitrogens with one attached hydrogen (secondary N) is 1. The van der Waals surface area contributed by atoms with Crippen molar-refractivity contribution in [1.29, 1.82) is 0 Å². The van der Waals surface area contributed by atoms with E-state index in [0.717, 1.165) is 16.6 Å². The highest BCUT2D eigenvalue weighted by molar-refractivity contribution is 9.09. The van der Waals surface area contributed by atoms with Crippen molar-refractivity contribution in [3.63, 3.8) is 0 Å². The number of ether oxygens (including phenoxy) is 1. The van der Waals surface area contributed by atoms with Crippen LogP contribution in [0.15, 0.2) is 24.3 Å². The largest absolute Gasteiger partial charge is 0.496 e. The summed E-state index contributed by atoms with van der Waals surface area (Å²) >= 11 is 3.38. The number of methoxy groups -OCH3 is 1. The number of alkyl halides is 1. The fourth-order valence-electron chi connectivity index (χ4n) is 1.43. The van der Waals surface area contributed by atoms with Crippen LogP contribution in [0, 0.1) is 5.92 Å². The van der Waals surface area contributed by atoms with E-state index in [0.29, 0.717) is 18.9 Å². The number of carbonyl (C=O) groups excluding carboxylic acids is 1. The van der Waals surface area contributed by atoms with Gasteiger partial charge in [0, 0.05) is 17.4 Å². The van der Waals surface area contributed by atoms with Gasteiger partial charge in [0.05, 0.1) is 13.5 Å². The van der Waals surface area contributed by atoms with Crippen molar-refractivity contribution in [2.75, 3.05) is 19.0 Å². The molecule has 0 saturated heterocycles. The Labute approximate surface area is 111 Å². The number of amides is 1. The van der Waals surface area contributed by atoms with E-state index in [2.05, 4.69) is 28.2 Å². The van der Waals surface area contributed by atoms with Crippen LogP contribution in [0.3, 0.4) is 0 Å². The maximum atomic E-state index is 11.7. The average Bonchev–Trinajstić information content (AvgIpc) is 2.36. The molecule has 1 aromatic carbocycles. The van der Waals surface area contributed by atoms with Crippen LogP contribution in [0.5, 0.6) is 5.75 Å². The van der Waals surface area contributed by atoms with Gasteiger partial charge in [-0.15, -0.1) is 0 Å². The van der Waals surface area contributed by atoms with Crippen LogP contribution >= 0.6 is 15.9 Å². The van der Waals surface area contributed by atoms with Crippen LogP contribution in [0.25, 0.3) is 0 Å². The molecule has 1 rings (SSSR count). The summed E-state index contributed by atoms with van der Waals surface area (Å²) in [6, 6.07) is 7.58. The molecule has 1 aromatic rings. The van der Waals surface area contributed by atoms with Crippen LogP contribution < -0.4 is 10.1 Å². The zero-order valence-corrected chi connectivity index (χ0v) is 11.8. The third kappa shape index (κ3) is 4.77. The molecule has 1 amide bonds. The predicted octanol–water partition coefficient (Wildman–Crippen LogP) is 2.38. The zero-order chi connectivity index (χ0) is 12.7. The monoisotopic (exact) mass is 299 g/mol. The van der Waals surface area contributed by atoms with Crippen molar-refractivity contribution in [3.8, 4) is 5.75 Å². The van der Waals surface area contributed by atoms with Gasteiger partial charge >= 0.3 is 0 Å². The number of carbonyl (C=O) groups is 1. The first-order valence-electron chi connectivity index (χ1n) is 5.62. The molecule has 0 saturated carbocycles. The predicted molar refractivity (Wildman–Crippen MR) is 72.7 cm³/mol. The molecule has 0 aliphatic heterocycles. The van der Waals surface area contributed by atoms with Crippen molar-refractivity contribution in [3.05, 3.63) is 29.8 Å². The first kappa shape index (κ1) is 14.0. The van der Waals surface area contributed by atoms with Crippen molar-refractivity contribution in [1.82, 2.24) is 5.32 Å². The highest BCUT2D eigenvalue weighted by Gasteiger charge is 2.08. The van der Waals surface area contributed by atoms with E-state index in [1.54, 1.807) is 7.11 Å². The Bertz CT molecular complexity index is 368. The second-order valence-electron chi connectivity index (χ2n) is 4.05. The number of rotatable bonds is 6. The van der Waals surface area contributed by atoms with Crippen LogP contribution in [0.2, 0.25) is 0 Å². The summed E-state index contributed by atoms with van der Waals surface area (Å²) in [6.07, 6.45) is 0.360. The van der Waals surface area contributed by atoms with Crippen LogP contribution in [-0.2, 0) is 11.2 Å². The summed E-state index contributed by atoms with van der Waals surface area (Å²) in [5.41, 5.74) is 0.916. The van der Waals surface area contributed by atoms with E-state index in [1.807, 2.05) is 24.3 Å². The lowest BCUT2D eigenvalue weighted by molar-refractivity contribution is -0.120. The SMILES string of the molecule is COc1ccccc1CC(=O)NCC(C)CBr. The molecule has 0 heterocycles. The maximum absolute atomic E-state index is 11.7. The lowest BCUT2D eigenvalue weighted by atomic mass is 10.1. The molecule has 1 N–H and O–H groups in total. The molecule has 94 valence electrons. The van der Waals surface area contributed by atoms with Gasteiger partial charge in [0.25, 0.3) is 0 Å². The van der Waals surface area contributed by atoms with E-state index in [9.17, 15) is 4.79 Å². The topological polar surface area (TPSA) is 38.3 Å². The number of hydrogen-bond donors (Lipinski definition) is 1. The summed E-state index contributed by atoms with van der Waals surface area (Å²) < 4.78 is 5.21. The Hall–Kier alpha value is -1.03. The summed E-state index contributed by atoms with van der Waals surface area (Å²) in [5, 5.41) is 3.80. The van der Waals surface area contributed by atoms with Crippen LogP contribution in [0.1, 0.15) is 12.5 Å². The molecule has 1 unspecified atom stereocenters. The third-order valence-corrected chi connectivity index (χ3v) is 3.56. The third-order valence-electron chi connectivity index (χ3n) is 2.45. The lowest BCUT2D eigenvalue weighted by Crippen LogP contribution is -2.30. The van der Waals surface area contributed by atoms with Gasteiger partial charge < -0.3 is 10.1 Å². The standard InChI is InChI=1S/C13H18BrNO2/c1-10(8-14)9-15-13(16)7-11-5-3-4-6-12(11)17-2/h3-6,10H,7-9H2,1-2H3,(H,15,16). The van der Waals surface area contributed by atoms with Gasteiger partial charge in [0.1, 0.15) is 5.75 Å². The minimum absolute atomic E-state index is 0.0299. The molecule has 0 bridgehead atoms. The normalized spacial score (nSPS) is 11.9. The van der Waals surface area contributed by atoms with Crippen molar-refractivity contribution < 1.29 is 9.53 Å². The van der Waals surface area contributed by atoms with Gasteiger partial charge in [-0.05, 0) is 12.0 Å². The summed E-state index contributed by atoms with van der Waals surface area (Å²) in [5.74, 6) is 1.23. The summed E-state index contributed by atoms with van der Waals surface area (Å²) in [6.45, 7) is 2.78. The van der Waals surface area contributed by atoms with Gasteiger partial charge in [0.15, 0.2) is 0 Å². The molecule has 0 radical (unpaired) electrons. The van der Waals surface area contributed by atoms with Crippen LogP contribution in [0.4, 0.5) is 0 Å². The lowest BCUT2D eigenvalue weighted by Gasteiger charge is -2.11. The molecule has 0 aromatic heterocycles. The van der Waals surface area contributed by atoms with Crippen molar-refractivity contribution >= 4 is 21.8 Å². The molecule has 3 nitrogen and oxygen atoms in total. The minimum Gasteiger partial charge on any atom is -0.496 e. The highest BCUT2D eigenvalue weighted by atomic mass is 79.9. The van der Waals surface area contributed by atoms with E-state index in [-0.39, 0.29) is 5.91 Å². The van der Waals surface area contributed by atoms with E-state index < -0.39 is 0 Å². The molecular weight excluding hydrogens is 282 g/mol. The Kier molecular flexibility index (Phi) is 6.05. The average molecular weight is 300 g/mol. The number of para-hydroxylation sites is 1. The number of benzene rings is 1. The Morgan fingerprint density at radius 3 is 2.82 bits per heavy atom. The molecule has 0 aliphatic rings. The van der Waals surface area contributed by atoms with Gasteiger partial charge in [-0.3, -0.25) is 4.79 Å². The van der Waals surface area contributed by atoms with Gasteiger partial charge in [-0.2, -0.15) is 0 Å². The van der Waals surface area contributed by atoms with Crippen molar-refractivity contribution in [2.24, 2.45) is 5.92 Å². The second kappa shape index (κ2) is 7.33. The quantitative estimate of drug-likeness (QED) is 0.819. The van der Waals surface area contributed by atoms with Crippen LogP contribution in [-0.4, -0.2) is 24.9 Å². The molecule has 0 aliphatic carbocycles.